The van der Waals surface area contributed by atoms with Gasteiger partial charge in [-0.05, 0) is 25.7 Å². The molecule has 18 heavy (non-hydrogen) atoms. The Morgan fingerprint density at radius 3 is 3.00 bits per heavy atom. The van der Waals surface area contributed by atoms with E-state index in [-0.39, 0.29) is 12.1 Å². The van der Waals surface area contributed by atoms with Gasteiger partial charge in [0.25, 0.3) is 0 Å². The summed E-state index contributed by atoms with van der Waals surface area (Å²) in [6, 6.07) is 0.271. The molecule has 0 aliphatic heterocycles. The summed E-state index contributed by atoms with van der Waals surface area (Å²) in [6.45, 7) is 2.12. The van der Waals surface area contributed by atoms with Gasteiger partial charge >= 0.3 is 0 Å². The lowest BCUT2D eigenvalue weighted by molar-refractivity contribution is 0.0854. The number of hydrogen-bond acceptors (Lipinski definition) is 5. The molecule has 1 aliphatic rings. The number of methoxy groups -OCH3 is 1. The summed E-state index contributed by atoms with van der Waals surface area (Å²) >= 11 is 0. The zero-order chi connectivity index (χ0) is 13.0. The van der Waals surface area contributed by atoms with Gasteiger partial charge in [-0.1, -0.05) is 24.9 Å². The zero-order valence-corrected chi connectivity index (χ0v) is 11.3. The van der Waals surface area contributed by atoms with Crippen molar-refractivity contribution in [2.24, 2.45) is 5.73 Å². The quantitative estimate of drug-likeness (QED) is 0.872. The van der Waals surface area contributed by atoms with E-state index in [0.717, 1.165) is 44.4 Å². The average molecular weight is 253 g/mol. The first kappa shape index (κ1) is 13.5. The fourth-order valence-corrected chi connectivity index (χ4v) is 2.61. The molecule has 1 aromatic rings. The molecule has 0 radical (unpaired) electrons. The number of aromatic nitrogens is 2. The topological polar surface area (TPSA) is 74.2 Å². The molecule has 5 heteroatoms. The summed E-state index contributed by atoms with van der Waals surface area (Å²) in [4.78, 5) is 4.50. The Balaban J connectivity index is 2.04. The van der Waals surface area contributed by atoms with Crippen molar-refractivity contribution in [1.29, 1.82) is 0 Å². The lowest BCUT2D eigenvalue weighted by Gasteiger charge is -2.23. The Morgan fingerprint density at radius 1 is 1.50 bits per heavy atom. The number of rotatable bonds is 5. The molecule has 5 nitrogen and oxygen atoms in total. The van der Waals surface area contributed by atoms with Crippen LogP contribution in [0, 0.1) is 0 Å². The van der Waals surface area contributed by atoms with Crippen molar-refractivity contribution < 1.29 is 9.26 Å². The molecule has 102 valence electrons. The molecule has 2 N–H and O–H groups in total. The summed E-state index contributed by atoms with van der Waals surface area (Å²) in [5.74, 6) is 1.74. The van der Waals surface area contributed by atoms with Gasteiger partial charge in [0.15, 0.2) is 0 Å². The molecule has 0 bridgehead atoms. The van der Waals surface area contributed by atoms with Crippen LogP contribution in [0.15, 0.2) is 4.52 Å². The lowest BCUT2D eigenvalue weighted by Crippen LogP contribution is -2.27. The fraction of sp³-hybridized carbons (Fsp3) is 0.846. The van der Waals surface area contributed by atoms with Crippen molar-refractivity contribution in [2.45, 2.75) is 63.5 Å². The van der Waals surface area contributed by atoms with E-state index in [1.165, 1.54) is 0 Å². The minimum atomic E-state index is -0.0511. The van der Waals surface area contributed by atoms with E-state index < -0.39 is 0 Å². The average Bonchev–Trinajstić information content (AvgIpc) is 2.85. The third kappa shape index (κ3) is 3.09. The van der Waals surface area contributed by atoms with Crippen LogP contribution < -0.4 is 5.73 Å². The number of nitrogens with zero attached hydrogens (tertiary/aromatic N) is 2. The van der Waals surface area contributed by atoms with Crippen molar-refractivity contribution in [2.75, 3.05) is 7.11 Å². The standard InChI is InChI=1S/C13H23N3O2/c1-3-5-11(17-2)12-15-13(18-16-12)9-6-4-7-10(14)8-9/h9-11H,3-8,14H2,1-2H3. The second kappa shape index (κ2) is 6.29. The molecule has 1 fully saturated rings. The van der Waals surface area contributed by atoms with Crippen molar-refractivity contribution in [3.8, 4) is 0 Å². The number of hydrogen-bond donors (Lipinski definition) is 1. The van der Waals surface area contributed by atoms with Gasteiger partial charge in [0, 0.05) is 19.1 Å². The van der Waals surface area contributed by atoms with E-state index in [2.05, 4.69) is 17.1 Å². The van der Waals surface area contributed by atoms with Crippen molar-refractivity contribution in [3.63, 3.8) is 0 Å². The monoisotopic (exact) mass is 253 g/mol. The smallest absolute Gasteiger partial charge is 0.229 e. The first-order valence-corrected chi connectivity index (χ1v) is 6.86. The molecule has 2 rings (SSSR count). The Bertz CT molecular complexity index is 367. The maximum Gasteiger partial charge on any atom is 0.229 e. The highest BCUT2D eigenvalue weighted by Crippen LogP contribution is 2.32. The molecule has 1 saturated carbocycles. The third-order valence-electron chi connectivity index (χ3n) is 3.64. The predicted molar refractivity (Wildman–Crippen MR) is 68.1 cm³/mol. The zero-order valence-electron chi connectivity index (χ0n) is 11.3. The normalized spacial score (nSPS) is 26.2. The molecule has 3 unspecified atom stereocenters. The van der Waals surface area contributed by atoms with Crippen LogP contribution in [0.5, 0.6) is 0 Å². The van der Waals surface area contributed by atoms with Gasteiger partial charge in [-0.3, -0.25) is 0 Å². The number of ether oxygens (including phenoxy) is 1. The molecule has 0 amide bonds. The van der Waals surface area contributed by atoms with Crippen LogP contribution in [0.3, 0.4) is 0 Å². The van der Waals surface area contributed by atoms with E-state index in [1.54, 1.807) is 7.11 Å². The lowest BCUT2D eigenvalue weighted by atomic mass is 9.86. The van der Waals surface area contributed by atoms with Gasteiger partial charge in [0.2, 0.25) is 11.7 Å². The summed E-state index contributed by atoms with van der Waals surface area (Å²) in [5, 5.41) is 4.05. The molecule has 1 heterocycles. The van der Waals surface area contributed by atoms with Gasteiger partial charge < -0.3 is 15.0 Å². The van der Waals surface area contributed by atoms with Crippen LogP contribution >= 0.6 is 0 Å². The Kier molecular flexibility index (Phi) is 4.72. The van der Waals surface area contributed by atoms with Crippen LogP contribution in [0.2, 0.25) is 0 Å². The van der Waals surface area contributed by atoms with E-state index in [0.29, 0.717) is 11.7 Å². The van der Waals surface area contributed by atoms with Gasteiger partial charge in [-0.15, -0.1) is 0 Å². The Labute approximate surface area is 108 Å². The SMILES string of the molecule is CCCC(OC)c1noc(C2CCCC(N)C2)n1. The first-order chi connectivity index (χ1) is 8.74. The van der Waals surface area contributed by atoms with E-state index in [4.69, 9.17) is 15.0 Å². The van der Waals surface area contributed by atoms with E-state index >= 15 is 0 Å². The van der Waals surface area contributed by atoms with Gasteiger partial charge in [-0.2, -0.15) is 4.98 Å². The summed E-state index contributed by atoms with van der Waals surface area (Å²) < 4.78 is 10.8. The highest BCUT2D eigenvalue weighted by molar-refractivity contribution is 4.99. The van der Waals surface area contributed by atoms with Crippen molar-refractivity contribution >= 4 is 0 Å². The molecule has 1 aliphatic carbocycles. The molecule has 3 atom stereocenters. The Hall–Kier alpha value is -0.940. The highest BCUT2D eigenvalue weighted by Gasteiger charge is 2.27. The highest BCUT2D eigenvalue weighted by atomic mass is 16.5. The molecule has 0 spiro atoms. The maximum absolute atomic E-state index is 5.99. The second-order valence-electron chi connectivity index (χ2n) is 5.13. The summed E-state index contributed by atoms with van der Waals surface area (Å²) in [6.07, 6.45) is 6.20. The predicted octanol–water partition coefficient (Wildman–Crippen LogP) is 2.54. The van der Waals surface area contributed by atoms with Crippen LogP contribution in [0.25, 0.3) is 0 Å². The van der Waals surface area contributed by atoms with Crippen LogP contribution in [-0.2, 0) is 4.74 Å². The summed E-state index contributed by atoms with van der Waals surface area (Å²) in [7, 11) is 1.69. The van der Waals surface area contributed by atoms with Crippen LogP contribution in [-0.4, -0.2) is 23.3 Å². The first-order valence-electron chi connectivity index (χ1n) is 6.86. The largest absolute Gasteiger partial charge is 0.373 e. The molecular formula is C13H23N3O2. The van der Waals surface area contributed by atoms with E-state index in [9.17, 15) is 0 Å². The minimum absolute atomic E-state index is 0.0511. The van der Waals surface area contributed by atoms with Crippen LogP contribution in [0.4, 0.5) is 0 Å². The Morgan fingerprint density at radius 2 is 2.33 bits per heavy atom. The van der Waals surface area contributed by atoms with Gasteiger partial charge in [0.05, 0.1) is 0 Å². The third-order valence-corrected chi connectivity index (χ3v) is 3.64. The van der Waals surface area contributed by atoms with Crippen molar-refractivity contribution in [3.05, 3.63) is 11.7 Å². The van der Waals surface area contributed by atoms with Gasteiger partial charge in [-0.25, -0.2) is 0 Å². The minimum Gasteiger partial charge on any atom is -0.373 e. The summed E-state index contributed by atoms with van der Waals surface area (Å²) in [5.41, 5.74) is 5.99. The molecular weight excluding hydrogens is 230 g/mol. The van der Waals surface area contributed by atoms with Crippen LogP contribution in [0.1, 0.15) is 69.2 Å². The number of nitrogens with two attached hydrogens (primary N) is 1. The molecule has 0 aromatic carbocycles. The molecule has 0 saturated heterocycles. The van der Waals surface area contributed by atoms with E-state index in [1.807, 2.05) is 0 Å². The van der Waals surface area contributed by atoms with Crippen molar-refractivity contribution in [1.82, 2.24) is 10.1 Å². The second-order valence-corrected chi connectivity index (χ2v) is 5.13. The van der Waals surface area contributed by atoms with Gasteiger partial charge in [0.1, 0.15) is 6.10 Å². The maximum atomic E-state index is 5.99. The fourth-order valence-electron chi connectivity index (χ4n) is 2.61. The molecule has 1 aromatic heterocycles.